The normalized spacial score (nSPS) is 26.5. The maximum Gasteiger partial charge on any atom is 0.434 e. The number of likely N-dealkylation sites (N-methyl/N-ethyl adjacent to an activating group) is 1. The van der Waals surface area contributed by atoms with Gasteiger partial charge in [-0.05, 0) is 31.6 Å². The van der Waals surface area contributed by atoms with Crippen molar-refractivity contribution in [2.45, 2.75) is 64.0 Å². The number of ether oxygens (including phenoxy) is 1. The first kappa shape index (κ1) is 18.2. The van der Waals surface area contributed by atoms with Crippen LogP contribution in [-0.2, 0) is 28.7 Å². The van der Waals surface area contributed by atoms with E-state index >= 15 is 0 Å². The summed E-state index contributed by atoms with van der Waals surface area (Å²) in [6.07, 6.45) is 0.231. The molecule has 25 heavy (non-hydrogen) atoms. The van der Waals surface area contributed by atoms with E-state index < -0.39 is 11.9 Å². The molecule has 0 N–H and O–H groups in total. The average Bonchev–Trinajstić information content (AvgIpc) is 3.19. The first-order valence-corrected chi connectivity index (χ1v) is 8.81. The van der Waals surface area contributed by atoms with Crippen molar-refractivity contribution < 1.29 is 22.7 Å². The molecule has 1 fully saturated rings. The van der Waals surface area contributed by atoms with Gasteiger partial charge in [-0.1, -0.05) is 6.92 Å². The summed E-state index contributed by atoms with van der Waals surface area (Å²) in [5, 5.41) is 0. The Hall–Kier alpha value is -1.57. The van der Waals surface area contributed by atoms with Gasteiger partial charge < -0.3 is 14.2 Å². The molecule has 0 aromatic carbocycles. The number of hydrogen-bond donors (Lipinski definition) is 0. The van der Waals surface area contributed by atoms with Crippen LogP contribution in [0.2, 0.25) is 0 Å². The van der Waals surface area contributed by atoms with E-state index in [4.69, 9.17) is 4.74 Å². The van der Waals surface area contributed by atoms with Crippen LogP contribution in [-0.4, -0.2) is 46.2 Å². The van der Waals surface area contributed by atoms with Crippen LogP contribution in [0.25, 0.3) is 0 Å². The Kier molecular flexibility index (Phi) is 5.09. The fourth-order valence-electron chi connectivity index (χ4n) is 3.71. The second-order valence-electron chi connectivity index (χ2n) is 7.05. The monoisotopic (exact) mass is 359 g/mol. The van der Waals surface area contributed by atoms with Crippen molar-refractivity contribution in [1.29, 1.82) is 0 Å². The number of rotatable bonds is 4. The third kappa shape index (κ3) is 3.99. The molecule has 5 nitrogen and oxygen atoms in total. The van der Waals surface area contributed by atoms with Gasteiger partial charge in [-0.3, -0.25) is 4.79 Å². The van der Waals surface area contributed by atoms with Crippen LogP contribution in [0, 0.1) is 5.92 Å². The molecule has 0 unspecified atom stereocenters. The van der Waals surface area contributed by atoms with Crippen molar-refractivity contribution in [1.82, 2.24) is 14.5 Å². The molecule has 3 atom stereocenters. The molecule has 0 spiro atoms. The molecule has 0 saturated carbocycles. The molecule has 0 aliphatic carbocycles. The van der Waals surface area contributed by atoms with Crippen LogP contribution in [0.4, 0.5) is 13.2 Å². The van der Waals surface area contributed by atoms with E-state index in [2.05, 4.69) is 4.98 Å². The van der Waals surface area contributed by atoms with Crippen molar-refractivity contribution >= 4 is 5.91 Å². The molecular weight excluding hydrogens is 335 g/mol. The fraction of sp³-hybridized carbons (Fsp3) is 0.765. The van der Waals surface area contributed by atoms with E-state index in [9.17, 15) is 18.0 Å². The van der Waals surface area contributed by atoms with Gasteiger partial charge in [0.25, 0.3) is 5.91 Å². The van der Waals surface area contributed by atoms with Gasteiger partial charge in [-0.15, -0.1) is 0 Å². The Morgan fingerprint density at radius 2 is 2.16 bits per heavy atom. The molecule has 2 aliphatic rings. The fourth-order valence-corrected chi connectivity index (χ4v) is 3.71. The molecule has 2 aliphatic heterocycles. The van der Waals surface area contributed by atoms with Gasteiger partial charge in [0, 0.05) is 32.8 Å². The minimum Gasteiger partial charge on any atom is -0.365 e. The summed E-state index contributed by atoms with van der Waals surface area (Å²) in [5.74, 6) is 0.575. The summed E-state index contributed by atoms with van der Waals surface area (Å²) in [6.45, 7) is 3.02. The molecule has 1 amide bonds. The lowest BCUT2D eigenvalue weighted by atomic mass is 9.98. The molecule has 0 bridgehead atoms. The van der Waals surface area contributed by atoms with Gasteiger partial charge in [-0.2, -0.15) is 13.2 Å². The summed E-state index contributed by atoms with van der Waals surface area (Å²) >= 11 is 0. The second-order valence-corrected chi connectivity index (χ2v) is 7.05. The zero-order valence-corrected chi connectivity index (χ0v) is 14.6. The maximum atomic E-state index is 12.8. The number of amides is 1. The van der Waals surface area contributed by atoms with E-state index in [1.54, 1.807) is 16.5 Å². The van der Waals surface area contributed by atoms with E-state index in [0.717, 1.165) is 31.9 Å². The van der Waals surface area contributed by atoms with Gasteiger partial charge in [-0.25, -0.2) is 4.98 Å². The third-order valence-electron chi connectivity index (χ3n) is 5.13. The topological polar surface area (TPSA) is 47.4 Å². The lowest BCUT2D eigenvalue weighted by Crippen LogP contribution is -2.40. The van der Waals surface area contributed by atoms with Crippen molar-refractivity contribution in [3.63, 3.8) is 0 Å². The summed E-state index contributed by atoms with van der Waals surface area (Å²) in [6, 6.07) is 0. The molecule has 3 rings (SSSR count). The van der Waals surface area contributed by atoms with Crippen molar-refractivity contribution in [3.8, 4) is 0 Å². The van der Waals surface area contributed by atoms with Crippen LogP contribution in [0.3, 0.4) is 0 Å². The number of aryl methyl sites for hydroxylation is 1. The number of halogens is 3. The first-order valence-electron chi connectivity index (χ1n) is 8.81. The van der Waals surface area contributed by atoms with Crippen molar-refractivity contribution in [2.24, 2.45) is 5.92 Å². The number of carbonyl (C=O) groups is 1. The maximum absolute atomic E-state index is 12.8. The first-order chi connectivity index (χ1) is 11.8. The van der Waals surface area contributed by atoms with Gasteiger partial charge in [0.15, 0.2) is 5.69 Å². The summed E-state index contributed by atoms with van der Waals surface area (Å²) in [4.78, 5) is 17.9. The Labute approximate surface area is 145 Å². The highest BCUT2D eigenvalue weighted by atomic mass is 19.4. The number of imidazole rings is 1. The number of fused-ring (bicyclic) bond motifs is 1. The van der Waals surface area contributed by atoms with Crippen LogP contribution in [0.15, 0.2) is 6.20 Å². The van der Waals surface area contributed by atoms with E-state index in [1.165, 1.54) is 0 Å². The predicted molar refractivity (Wildman–Crippen MR) is 84.9 cm³/mol. The second kappa shape index (κ2) is 6.97. The lowest BCUT2D eigenvalue weighted by molar-refractivity contribution is -0.142. The Morgan fingerprint density at radius 3 is 2.80 bits per heavy atom. The molecule has 140 valence electrons. The highest BCUT2D eigenvalue weighted by Gasteiger charge is 2.36. The molecule has 1 aromatic rings. The van der Waals surface area contributed by atoms with Gasteiger partial charge in [0.1, 0.15) is 11.9 Å². The van der Waals surface area contributed by atoms with Crippen LogP contribution in [0.1, 0.15) is 44.1 Å². The number of aromatic nitrogens is 2. The SMILES string of the molecule is CC[C@@H]1CC[C@@H](C(=O)N(C)C[C@@H]2CCc3nc(C(F)(F)F)cn3C2)O1. The standard InChI is InChI=1S/C17H24F3N3O2/c1-3-12-5-6-13(25-12)16(24)22(2)8-11-4-7-15-21-14(17(18,19)20)10-23(15)9-11/h10-13H,3-9H2,1-2H3/t11-,12+,13-/m0/s1. The zero-order chi connectivity index (χ0) is 18.2. The van der Waals surface area contributed by atoms with E-state index in [-0.39, 0.29) is 24.0 Å². The summed E-state index contributed by atoms with van der Waals surface area (Å²) in [5.41, 5.74) is -0.836. The van der Waals surface area contributed by atoms with E-state index in [1.807, 2.05) is 6.92 Å². The summed E-state index contributed by atoms with van der Waals surface area (Å²) in [7, 11) is 1.75. The van der Waals surface area contributed by atoms with Crippen molar-refractivity contribution in [3.05, 3.63) is 17.7 Å². The Morgan fingerprint density at radius 1 is 1.40 bits per heavy atom. The number of alkyl halides is 3. The Balaban J connectivity index is 1.57. The molecule has 1 saturated heterocycles. The third-order valence-corrected chi connectivity index (χ3v) is 5.13. The minimum atomic E-state index is -4.41. The zero-order valence-electron chi connectivity index (χ0n) is 14.6. The number of carbonyl (C=O) groups excluding carboxylic acids is 1. The van der Waals surface area contributed by atoms with Crippen LogP contribution >= 0.6 is 0 Å². The molecule has 8 heteroatoms. The molecule has 3 heterocycles. The average molecular weight is 359 g/mol. The quantitative estimate of drug-likeness (QED) is 0.831. The van der Waals surface area contributed by atoms with Crippen LogP contribution < -0.4 is 0 Å². The highest BCUT2D eigenvalue weighted by Crippen LogP contribution is 2.31. The van der Waals surface area contributed by atoms with E-state index in [0.29, 0.717) is 25.3 Å². The number of hydrogen-bond acceptors (Lipinski definition) is 3. The molecular formula is C17H24F3N3O2. The van der Waals surface area contributed by atoms with Gasteiger partial charge >= 0.3 is 6.18 Å². The molecule has 1 aromatic heterocycles. The highest BCUT2D eigenvalue weighted by molar-refractivity contribution is 5.81. The largest absolute Gasteiger partial charge is 0.434 e. The minimum absolute atomic E-state index is 0.0247. The predicted octanol–water partition coefficient (Wildman–Crippen LogP) is 2.88. The van der Waals surface area contributed by atoms with Gasteiger partial charge in [0.2, 0.25) is 0 Å². The van der Waals surface area contributed by atoms with Crippen molar-refractivity contribution in [2.75, 3.05) is 13.6 Å². The smallest absolute Gasteiger partial charge is 0.365 e. The number of nitrogens with zero attached hydrogens (tertiary/aromatic N) is 3. The summed E-state index contributed by atoms with van der Waals surface area (Å²) < 4.78 is 45.7. The Bertz CT molecular complexity index is 629. The van der Waals surface area contributed by atoms with Crippen LogP contribution in [0.5, 0.6) is 0 Å². The molecule has 0 radical (unpaired) electrons. The lowest BCUT2D eigenvalue weighted by Gasteiger charge is -2.29. The van der Waals surface area contributed by atoms with Gasteiger partial charge in [0.05, 0.1) is 6.10 Å².